The molecule has 0 spiro atoms. The van der Waals surface area contributed by atoms with Gasteiger partial charge in [0, 0.05) is 5.69 Å². The van der Waals surface area contributed by atoms with Crippen molar-refractivity contribution in [1.82, 2.24) is 0 Å². The van der Waals surface area contributed by atoms with E-state index in [2.05, 4.69) is 0 Å². The molecule has 0 aliphatic rings. The van der Waals surface area contributed by atoms with Gasteiger partial charge in [0.1, 0.15) is 0 Å². The van der Waals surface area contributed by atoms with Gasteiger partial charge in [0.05, 0.1) is 4.90 Å². The van der Waals surface area contributed by atoms with Crippen molar-refractivity contribution in [3.8, 4) is 0 Å². The minimum Gasteiger partial charge on any atom is -0.399 e. The van der Waals surface area contributed by atoms with Crippen LogP contribution in [-0.2, 0) is 10.0 Å². The molecule has 0 heterocycles. The van der Waals surface area contributed by atoms with E-state index >= 15 is 0 Å². The van der Waals surface area contributed by atoms with Crippen LogP contribution in [0.5, 0.6) is 0 Å². The molecule has 60 valence electrons. The molecule has 1 aromatic rings. The molecular weight excluding hydrogens is 166 g/mol. The first kappa shape index (κ1) is 8.03. The molecule has 0 bridgehead atoms. The van der Waals surface area contributed by atoms with E-state index in [4.69, 9.17) is 10.9 Å². The van der Waals surface area contributed by atoms with Crippen LogP contribution in [0.2, 0.25) is 0 Å². The molecule has 1 aromatic carbocycles. The van der Waals surface area contributed by atoms with Gasteiger partial charge in [-0.15, -0.1) is 0 Å². The van der Waals surface area contributed by atoms with Crippen molar-refractivity contribution >= 4 is 15.7 Å². The minimum atomic E-state index is -3.58. The van der Waals surface area contributed by atoms with Crippen LogP contribution in [0.3, 0.4) is 0 Å². The van der Waals surface area contributed by atoms with Gasteiger partial charge in [-0.3, -0.25) is 0 Å². The third-order valence-electron chi connectivity index (χ3n) is 1.21. The third-order valence-corrected chi connectivity index (χ3v) is 2.14. The normalized spacial score (nSPS) is 11.4. The van der Waals surface area contributed by atoms with Crippen LogP contribution < -0.4 is 10.9 Å². The fourth-order valence-electron chi connectivity index (χ4n) is 0.658. The van der Waals surface area contributed by atoms with Crippen LogP contribution >= 0.6 is 0 Å². The maximum absolute atomic E-state index is 10.7. The summed E-state index contributed by atoms with van der Waals surface area (Å²) in [7, 11) is -3.58. The smallest absolute Gasteiger partial charge is 0.238 e. The predicted octanol–water partition coefficient (Wildman–Crippen LogP) is -0.0838. The molecule has 1 rings (SSSR count). The number of anilines is 1. The van der Waals surface area contributed by atoms with E-state index in [9.17, 15) is 8.42 Å². The van der Waals surface area contributed by atoms with Crippen molar-refractivity contribution in [1.29, 1.82) is 0 Å². The number of hydrogen-bond donors (Lipinski definition) is 2. The summed E-state index contributed by atoms with van der Waals surface area (Å²) < 4.78 is 21.4. The van der Waals surface area contributed by atoms with Gasteiger partial charge >= 0.3 is 0 Å². The summed E-state index contributed by atoms with van der Waals surface area (Å²) in [5.74, 6) is 0. The molecular formula is C6H8N2O2S. The molecule has 0 fully saturated rings. The first-order valence-electron chi connectivity index (χ1n) is 2.88. The fourth-order valence-corrected chi connectivity index (χ4v) is 1.17. The summed E-state index contributed by atoms with van der Waals surface area (Å²) in [5, 5.41) is 4.84. The highest BCUT2D eigenvalue weighted by molar-refractivity contribution is 7.89. The van der Waals surface area contributed by atoms with E-state index in [0.717, 1.165) is 0 Å². The lowest BCUT2D eigenvalue weighted by Gasteiger charge is -1.96. The Morgan fingerprint density at radius 2 is 1.55 bits per heavy atom. The summed E-state index contributed by atoms with van der Waals surface area (Å²) >= 11 is 0. The second kappa shape index (κ2) is 2.52. The maximum Gasteiger partial charge on any atom is 0.238 e. The Morgan fingerprint density at radius 3 is 1.91 bits per heavy atom. The van der Waals surface area contributed by atoms with Gasteiger partial charge in [-0.1, -0.05) is 0 Å². The van der Waals surface area contributed by atoms with Crippen molar-refractivity contribution in [3.63, 3.8) is 0 Å². The first-order chi connectivity index (χ1) is 5.00. The summed E-state index contributed by atoms with van der Waals surface area (Å²) in [6.07, 6.45) is 0. The second-order valence-corrected chi connectivity index (χ2v) is 3.68. The highest BCUT2D eigenvalue weighted by atomic mass is 32.2. The van der Waals surface area contributed by atoms with Crippen LogP contribution in [0.1, 0.15) is 0 Å². The zero-order chi connectivity index (χ0) is 8.48. The highest BCUT2D eigenvalue weighted by Gasteiger charge is 2.04. The van der Waals surface area contributed by atoms with E-state index in [-0.39, 0.29) is 4.90 Å². The SMILES string of the molecule is [15NH2]c1ccc(S([15NH2])(=O)=O)cc1. The molecule has 0 atom stereocenters. The summed E-state index contributed by atoms with van der Waals surface area (Å²) in [6.45, 7) is 0. The largest absolute Gasteiger partial charge is 0.399 e. The molecule has 0 aliphatic heterocycles. The van der Waals surface area contributed by atoms with Gasteiger partial charge in [-0.2, -0.15) is 0 Å². The fraction of sp³-hybridized carbons (Fsp3) is 0. The van der Waals surface area contributed by atoms with Crippen molar-refractivity contribution < 1.29 is 8.42 Å². The molecule has 0 saturated carbocycles. The second-order valence-electron chi connectivity index (χ2n) is 2.11. The highest BCUT2D eigenvalue weighted by Crippen LogP contribution is 2.08. The average Bonchev–Trinajstić information content (AvgIpc) is 1.86. The standard InChI is InChI=1S/C6H8N2O2S/c7-5-1-3-6(4-2-5)11(8,9)10/h1-4H,7H2,(H2,8,9,10)/i7+1,8+1. The van der Waals surface area contributed by atoms with Crippen molar-refractivity contribution in [2.45, 2.75) is 4.90 Å². The molecule has 11 heavy (non-hydrogen) atoms. The lowest BCUT2D eigenvalue weighted by Crippen LogP contribution is -2.11. The molecule has 4 N–H and O–H groups in total. The number of nitrogens with two attached hydrogens (primary N) is 2. The van der Waals surface area contributed by atoms with Gasteiger partial charge in [0.25, 0.3) is 0 Å². The monoisotopic (exact) mass is 174 g/mol. The Labute approximate surface area is 64.9 Å². The molecule has 0 radical (unpaired) electrons. The van der Waals surface area contributed by atoms with E-state index in [1.807, 2.05) is 0 Å². The number of hydrogen-bond acceptors (Lipinski definition) is 3. The summed E-state index contributed by atoms with van der Waals surface area (Å²) in [5.41, 5.74) is 5.85. The molecule has 0 saturated heterocycles. The quantitative estimate of drug-likeness (QED) is 0.461. The van der Waals surface area contributed by atoms with Gasteiger partial charge in [-0.25, -0.2) is 13.6 Å². The number of sulfonamides is 1. The van der Waals surface area contributed by atoms with E-state index < -0.39 is 10.0 Å². The zero-order valence-corrected chi connectivity index (χ0v) is 6.51. The first-order valence-corrected chi connectivity index (χ1v) is 4.43. The predicted molar refractivity (Wildman–Crippen MR) is 42.2 cm³/mol. The van der Waals surface area contributed by atoms with Crippen LogP contribution in [0, 0.1) is 0 Å². The number of nitrogen functional groups attached to an aromatic ring is 1. The van der Waals surface area contributed by atoms with Crippen LogP contribution in [0.4, 0.5) is 5.69 Å². The number of primary sulfonamides is 1. The molecule has 0 aromatic heterocycles. The topological polar surface area (TPSA) is 86.2 Å². The van der Waals surface area contributed by atoms with Gasteiger partial charge in [0.15, 0.2) is 0 Å². The van der Waals surface area contributed by atoms with Crippen molar-refractivity contribution in [3.05, 3.63) is 24.3 Å². The lowest BCUT2D eigenvalue weighted by molar-refractivity contribution is 0.598. The Hall–Kier alpha value is -1.07. The van der Waals surface area contributed by atoms with E-state index in [1.165, 1.54) is 24.3 Å². The Balaban J connectivity index is 3.20. The average molecular weight is 174 g/mol. The lowest BCUT2D eigenvalue weighted by atomic mass is 10.3. The molecule has 0 amide bonds. The molecule has 0 aliphatic carbocycles. The summed E-state index contributed by atoms with van der Waals surface area (Å²) in [6, 6.07) is 5.70. The Kier molecular flexibility index (Phi) is 1.84. The Bertz CT molecular complexity index is 341. The maximum atomic E-state index is 10.7. The zero-order valence-electron chi connectivity index (χ0n) is 5.69. The number of benzene rings is 1. The van der Waals surface area contributed by atoms with Gasteiger partial charge < -0.3 is 5.73 Å². The minimum absolute atomic E-state index is 0.0756. The molecule has 0 unspecified atom stereocenters. The van der Waals surface area contributed by atoms with Crippen molar-refractivity contribution in [2.75, 3.05) is 5.73 Å². The van der Waals surface area contributed by atoms with Crippen LogP contribution in [0.25, 0.3) is 0 Å². The van der Waals surface area contributed by atoms with E-state index in [1.54, 1.807) is 0 Å². The summed E-state index contributed by atoms with van der Waals surface area (Å²) in [4.78, 5) is 0.0756. The Morgan fingerprint density at radius 1 is 1.09 bits per heavy atom. The van der Waals surface area contributed by atoms with Gasteiger partial charge in [-0.05, 0) is 24.3 Å². The molecule has 5 heteroatoms. The number of rotatable bonds is 1. The molecule has 4 nitrogen and oxygen atoms in total. The van der Waals surface area contributed by atoms with E-state index in [0.29, 0.717) is 5.69 Å². The van der Waals surface area contributed by atoms with Crippen LogP contribution in [0.15, 0.2) is 29.2 Å². The van der Waals surface area contributed by atoms with Gasteiger partial charge in [0.2, 0.25) is 10.0 Å². The van der Waals surface area contributed by atoms with Crippen molar-refractivity contribution in [2.24, 2.45) is 5.14 Å². The van der Waals surface area contributed by atoms with Crippen LogP contribution in [-0.4, -0.2) is 8.42 Å². The third kappa shape index (κ3) is 1.92.